The van der Waals surface area contributed by atoms with Gasteiger partial charge in [-0.2, -0.15) is 10.2 Å². The zero-order valence-corrected chi connectivity index (χ0v) is 15.8. The molecular formula is C19H24N8O. The van der Waals surface area contributed by atoms with E-state index in [0.29, 0.717) is 13.1 Å². The van der Waals surface area contributed by atoms with E-state index in [1.807, 2.05) is 53.0 Å². The molecule has 2 amide bonds. The van der Waals surface area contributed by atoms with Crippen LogP contribution in [0.2, 0.25) is 0 Å². The van der Waals surface area contributed by atoms with Gasteiger partial charge in [0.1, 0.15) is 12.2 Å². The smallest absolute Gasteiger partial charge is 0.317 e. The van der Waals surface area contributed by atoms with E-state index in [9.17, 15) is 4.79 Å². The number of para-hydroxylation sites is 1. The molecule has 1 fully saturated rings. The van der Waals surface area contributed by atoms with Crippen LogP contribution in [0.5, 0.6) is 0 Å². The largest absolute Gasteiger partial charge is 0.331 e. The molecule has 3 aromatic rings. The number of nitrogens with one attached hydrogen (secondary N) is 2. The quantitative estimate of drug-likeness (QED) is 0.701. The number of hydrogen-bond acceptors (Lipinski definition) is 5. The second-order valence-corrected chi connectivity index (χ2v) is 6.88. The summed E-state index contributed by atoms with van der Waals surface area (Å²) in [5.74, 6) is 0.849. The molecule has 28 heavy (non-hydrogen) atoms. The van der Waals surface area contributed by atoms with Crippen LogP contribution in [0.15, 0.2) is 49.1 Å². The molecule has 1 atom stereocenters. The molecular weight excluding hydrogens is 356 g/mol. The van der Waals surface area contributed by atoms with Crippen LogP contribution >= 0.6 is 0 Å². The number of aromatic amines is 1. The molecule has 2 aromatic heterocycles. The van der Waals surface area contributed by atoms with Gasteiger partial charge in [0.15, 0.2) is 0 Å². The van der Waals surface area contributed by atoms with Gasteiger partial charge in [0.25, 0.3) is 0 Å². The predicted octanol–water partition coefficient (Wildman–Crippen LogP) is 1.58. The van der Waals surface area contributed by atoms with Crippen molar-refractivity contribution < 1.29 is 4.79 Å². The molecule has 0 radical (unpaired) electrons. The monoisotopic (exact) mass is 380 g/mol. The van der Waals surface area contributed by atoms with Gasteiger partial charge in [-0.1, -0.05) is 18.2 Å². The van der Waals surface area contributed by atoms with Gasteiger partial charge in [0, 0.05) is 38.6 Å². The van der Waals surface area contributed by atoms with Gasteiger partial charge >= 0.3 is 6.03 Å². The Bertz CT molecular complexity index is 885. The minimum atomic E-state index is -0.125. The number of piperazine rings is 1. The van der Waals surface area contributed by atoms with Crippen LogP contribution in [0.25, 0.3) is 5.69 Å². The number of carbonyl (C=O) groups is 1. The minimum Gasteiger partial charge on any atom is -0.331 e. The number of benzene rings is 1. The molecule has 146 valence electrons. The Balaban J connectivity index is 1.34. The number of amides is 2. The predicted molar refractivity (Wildman–Crippen MR) is 104 cm³/mol. The average molecular weight is 380 g/mol. The van der Waals surface area contributed by atoms with Crippen molar-refractivity contribution in [1.29, 1.82) is 0 Å². The normalized spacial score (nSPS) is 16.1. The molecule has 0 spiro atoms. The molecule has 1 aliphatic rings. The average Bonchev–Trinajstić information content (AvgIpc) is 3.43. The molecule has 3 heterocycles. The topological polar surface area (TPSA) is 95.0 Å². The molecule has 0 saturated carbocycles. The molecule has 4 rings (SSSR count). The standard InChI is InChI=1S/C19H24N8O/c1-15(16-5-2-3-6-17(16)27-8-4-7-22-27)23-19(28)26-11-9-25(10-12-26)13-18-20-14-21-24-18/h2-8,14-15H,9-13H2,1H3,(H,23,28)(H,20,21,24)/t15-/m1/s1. The van der Waals surface area contributed by atoms with Crippen LogP contribution in [0.1, 0.15) is 24.4 Å². The maximum atomic E-state index is 12.7. The third-order valence-corrected chi connectivity index (χ3v) is 4.99. The lowest BCUT2D eigenvalue weighted by atomic mass is 10.1. The molecule has 0 aliphatic carbocycles. The van der Waals surface area contributed by atoms with E-state index in [-0.39, 0.29) is 12.1 Å². The summed E-state index contributed by atoms with van der Waals surface area (Å²) in [6, 6.07) is 9.71. The van der Waals surface area contributed by atoms with E-state index in [4.69, 9.17) is 0 Å². The van der Waals surface area contributed by atoms with E-state index < -0.39 is 0 Å². The highest BCUT2D eigenvalue weighted by molar-refractivity contribution is 5.75. The number of carbonyl (C=O) groups excluding carboxylic acids is 1. The highest BCUT2D eigenvalue weighted by Gasteiger charge is 2.23. The summed E-state index contributed by atoms with van der Waals surface area (Å²) < 4.78 is 1.82. The van der Waals surface area contributed by atoms with Gasteiger partial charge in [0.05, 0.1) is 18.3 Å². The van der Waals surface area contributed by atoms with E-state index in [1.165, 1.54) is 6.33 Å². The van der Waals surface area contributed by atoms with Crippen LogP contribution in [-0.2, 0) is 6.54 Å². The number of H-pyrrole nitrogens is 1. The van der Waals surface area contributed by atoms with Crippen molar-refractivity contribution in [2.24, 2.45) is 0 Å². The van der Waals surface area contributed by atoms with Gasteiger partial charge in [-0.25, -0.2) is 14.5 Å². The molecule has 2 N–H and O–H groups in total. The van der Waals surface area contributed by atoms with Crippen molar-refractivity contribution in [3.8, 4) is 5.69 Å². The molecule has 1 aliphatic heterocycles. The van der Waals surface area contributed by atoms with E-state index in [2.05, 4.69) is 30.5 Å². The lowest BCUT2D eigenvalue weighted by Gasteiger charge is -2.35. The lowest BCUT2D eigenvalue weighted by molar-refractivity contribution is 0.132. The molecule has 0 unspecified atom stereocenters. The second kappa shape index (κ2) is 8.22. The molecule has 1 saturated heterocycles. The van der Waals surface area contributed by atoms with Gasteiger partial charge < -0.3 is 10.2 Å². The van der Waals surface area contributed by atoms with E-state index in [1.54, 1.807) is 6.20 Å². The Morgan fingerprint density at radius 2 is 2.04 bits per heavy atom. The molecule has 1 aromatic carbocycles. The fourth-order valence-corrected chi connectivity index (χ4v) is 3.46. The van der Waals surface area contributed by atoms with Gasteiger partial charge in [-0.15, -0.1) is 0 Å². The van der Waals surface area contributed by atoms with Crippen LogP contribution in [0.3, 0.4) is 0 Å². The molecule has 9 heteroatoms. The third kappa shape index (κ3) is 4.04. The summed E-state index contributed by atoms with van der Waals surface area (Å²) in [5, 5.41) is 14.2. The highest BCUT2D eigenvalue weighted by atomic mass is 16.2. The summed E-state index contributed by atoms with van der Waals surface area (Å²) in [4.78, 5) is 21.0. The Labute approximate surface area is 163 Å². The second-order valence-electron chi connectivity index (χ2n) is 6.88. The maximum Gasteiger partial charge on any atom is 0.317 e. The van der Waals surface area contributed by atoms with Gasteiger partial charge in [-0.3, -0.25) is 10.00 Å². The van der Waals surface area contributed by atoms with Crippen molar-refractivity contribution in [3.63, 3.8) is 0 Å². The van der Waals surface area contributed by atoms with E-state index >= 15 is 0 Å². The van der Waals surface area contributed by atoms with Gasteiger partial charge in [0.2, 0.25) is 0 Å². The van der Waals surface area contributed by atoms with E-state index in [0.717, 1.165) is 36.7 Å². The van der Waals surface area contributed by atoms with Crippen LogP contribution in [0.4, 0.5) is 4.79 Å². The number of nitrogens with zero attached hydrogens (tertiary/aromatic N) is 6. The van der Waals surface area contributed by atoms with Crippen LogP contribution in [-0.4, -0.2) is 67.0 Å². The van der Waals surface area contributed by atoms with Crippen molar-refractivity contribution in [2.45, 2.75) is 19.5 Å². The summed E-state index contributed by atoms with van der Waals surface area (Å²) in [6.45, 7) is 5.73. The Hall–Kier alpha value is -3.20. The number of rotatable bonds is 5. The van der Waals surface area contributed by atoms with Crippen molar-refractivity contribution >= 4 is 6.03 Å². The highest BCUT2D eigenvalue weighted by Crippen LogP contribution is 2.21. The maximum absolute atomic E-state index is 12.7. The Morgan fingerprint density at radius 3 is 2.75 bits per heavy atom. The fourth-order valence-electron chi connectivity index (χ4n) is 3.46. The first kappa shape index (κ1) is 18.2. The first-order valence-electron chi connectivity index (χ1n) is 9.41. The number of aromatic nitrogens is 5. The fraction of sp³-hybridized carbons (Fsp3) is 0.368. The summed E-state index contributed by atoms with van der Waals surface area (Å²) in [5.41, 5.74) is 2.00. The summed E-state index contributed by atoms with van der Waals surface area (Å²) in [6.07, 6.45) is 5.17. The first-order valence-corrected chi connectivity index (χ1v) is 9.41. The molecule has 0 bridgehead atoms. The minimum absolute atomic E-state index is 0.0397. The Kier molecular flexibility index (Phi) is 5.34. The summed E-state index contributed by atoms with van der Waals surface area (Å²) in [7, 11) is 0. The van der Waals surface area contributed by atoms with Crippen molar-refractivity contribution in [1.82, 2.24) is 40.1 Å². The first-order chi connectivity index (χ1) is 13.7. The Morgan fingerprint density at radius 1 is 1.21 bits per heavy atom. The zero-order chi connectivity index (χ0) is 19.3. The summed E-state index contributed by atoms with van der Waals surface area (Å²) >= 11 is 0. The van der Waals surface area contributed by atoms with Crippen LogP contribution < -0.4 is 5.32 Å². The number of urea groups is 1. The van der Waals surface area contributed by atoms with Crippen molar-refractivity contribution in [2.75, 3.05) is 26.2 Å². The SMILES string of the molecule is C[C@@H](NC(=O)N1CCN(Cc2ncn[nH]2)CC1)c1ccccc1-n1cccn1. The van der Waals surface area contributed by atoms with Crippen molar-refractivity contribution in [3.05, 3.63) is 60.4 Å². The van der Waals surface area contributed by atoms with Crippen LogP contribution in [0, 0.1) is 0 Å². The number of hydrogen-bond donors (Lipinski definition) is 2. The lowest BCUT2D eigenvalue weighted by Crippen LogP contribution is -2.51. The zero-order valence-electron chi connectivity index (χ0n) is 15.8. The van der Waals surface area contributed by atoms with Gasteiger partial charge in [-0.05, 0) is 24.6 Å². The molecule has 9 nitrogen and oxygen atoms in total. The third-order valence-electron chi connectivity index (χ3n) is 4.99.